The monoisotopic (exact) mass is 563 g/mol. The minimum absolute atomic E-state index is 0.0690. The van der Waals surface area contributed by atoms with Crippen molar-refractivity contribution in [2.75, 3.05) is 18.4 Å². The molecule has 0 spiro atoms. The summed E-state index contributed by atoms with van der Waals surface area (Å²) < 4.78 is 67.5. The van der Waals surface area contributed by atoms with E-state index in [0.717, 1.165) is 38.2 Å². The van der Waals surface area contributed by atoms with Crippen LogP contribution in [0.3, 0.4) is 0 Å². The van der Waals surface area contributed by atoms with E-state index in [9.17, 15) is 31.5 Å². The van der Waals surface area contributed by atoms with Crippen molar-refractivity contribution in [2.24, 2.45) is 0 Å². The first-order valence-electron chi connectivity index (χ1n) is 13.5. The molecule has 2 aliphatic rings. The predicted molar refractivity (Wildman–Crippen MR) is 144 cm³/mol. The van der Waals surface area contributed by atoms with Crippen molar-refractivity contribution < 1.29 is 31.5 Å². The van der Waals surface area contributed by atoms with Crippen molar-refractivity contribution in [1.29, 1.82) is 0 Å². The van der Waals surface area contributed by atoms with Crippen molar-refractivity contribution in [3.63, 3.8) is 0 Å². The van der Waals surface area contributed by atoms with Gasteiger partial charge >= 0.3 is 12.1 Å². The second kappa shape index (κ2) is 11.7. The first-order valence-corrected chi connectivity index (χ1v) is 13.5. The summed E-state index contributed by atoms with van der Waals surface area (Å²) in [4.78, 5) is 26.8. The lowest BCUT2D eigenvalue weighted by Crippen LogP contribution is -2.52. The van der Waals surface area contributed by atoms with Gasteiger partial charge in [-0.3, -0.25) is 14.5 Å². The third-order valence-electron chi connectivity index (χ3n) is 7.94. The first kappa shape index (κ1) is 29.7. The smallest absolute Gasteiger partial charge is 0.347 e. The molecule has 0 radical (unpaired) electrons. The number of nitrogens with zero attached hydrogens (tertiary/aromatic N) is 1. The van der Waals surface area contributed by atoms with Crippen molar-refractivity contribution >= 4 is 23.1 Å². The molecular formula is C30H34F5N3O2. The number of amides is 2. The summed E-state index contributed by atoms with van der Waals surface area (Å²) in [6, 6.07) is 10.6. The number of benzene rings is 2. The highest BCUT2D eigenvalue weighted by molar-refractivity contribution is 6.19. The molecule has 2 N–H and O–H groups in total. The molecule has 4 rings (SSSR count). The van der Waals surface area contributed by atoms with E-state index < -0.39 is 23.2 Å². The molecule has 1 fully saturated rings. The second-order valence-electron chi connectivity index (χ2n) is 10.8. The van der Waals surface area contributed by atoms with Gasteiger partial charge in [-0.15, -0.1) is 0 Å². The summed E-state index contributed by atoms with van der Waals surface area (Å²) in [7, 11) is 0. The molecule has 1 aliphatic heterocycles. The van der Waals surface area contributed by atoms with Crippen LogP contribution in [0.5, 0.6) is 0 Å². The summed E-state index contributed by atoms with van der Waals surface area (Å²) in [6.45, 7) is 6.57. The standard InChI is InChI=1S/C30H34F5N3O2/c1-20(22-8-6-10-24(18-22)36-21(2)39)27(40)37-28(13-4-3-5-14-28)15-17-38-16-12-25-23(19-38)9-7-11-26(25)29(31,32)30(33,34)35/h6-11,18H,1,3-5,12-17,19H2,2H3,(H,36,39)(H,37,40). The normalized spacial score (nSPS) is 17.6. The van der Waals surface area contributed by atoms with Gasteiger partial charge < -0.3 is 10.6 Å². The fourth-order valence-corrected chi connectivity index (χ4v) is 5.78. The van der Waals surface area contributed by atoms with Gasteiger partial charge in [0.2, 0.25) is 5.91 Å². The number of hydrogen-bond acceptors (Lipinski definition) is 3. The zero-order valence-corrected chi connectivity index (χ0v) is 22.5. The van der Waals surface area contributed by atoms with E-state index in [1.54, 1.807) is 30.3 Å². The lowest BCUT2D eigenvalue weighted by atomic mass is 9.78. The van der Waals surface area contributed by atoms with E-state index in [-0.39, 0.29) is 35.9 Å². The minimum atomic E-state index is -5.65. The van der Waals surface area contributed by atoms with Crippen molar-refractivity contribution in [3.8, 4) is 0 Å². The lowest BCUT2D eigenvalue weighted by molar-refractivity contribution is -0.289. The van der Waals surface area contributed by atoms with Crippen molar-refractivity contribution in [2.45, 2.75) is 76.1 Å². The third kappa shape index (κ3) is 6.54. The van der Waals surface area contributed by atoms with Gasteiger partial charge in [0.15, 0.2) is 0 Å². The van der Waals surface area contributed by atoms with Gasteiger partial charge in [-0.05, 0) is 54.5 Å². The topological polar surface area (TPSA) is 61.4 Å². The molecule has 2 aromatic carbocycles. The maximum Gasteiger partial charge on any atom is 0.458 e. The summed E-state index contributed by atoms with van der Waals surface area (Å²) in [5, 5.41) is 5.91. The second-order valence-corrected chi connectivity index (χ2v) is 10.8. The molecule has 40 heavy (non-hydrogen) atoms. The van der Waals surface area contributed by atoms with Crippen molar-refractivity contribution in [3.05, 3.63) is 71.3 Å². The van der Waals surface area contributed by atoms with Gasteiger partial charge in [0.05, 0.1) is 0 Å². The van der Waals surface area contributed by atoms with E-state index in [4.69, 9.17) is 0 Å². The largest absolute Gasteiger partial charge is 0.458 e. The van der Waals surface area contributed by atoms with Crippen LogP contribution >= 0.6 is 0 Å². The zero-order chi connectivity index (χ0) is 29.1. The van der Waals surface area contributed by atoms with Crippen LogP contribution in [0.4, 0.5) is 27.6 Å². The summed E-state index contributed by atoms with van der Waals surface area (Å²) in [6.07, 6.45) is -0.421. The molecule has 216 valence electrons. The van der Waals surface area contributed by atoms with Gasteiger partial charge in [-0.25, -0.2) is 0 Å². The van der Waals surface area contributed by atoms with E-state index in [2.05, 4.69) is 17.2 Å². The number of nitrogens with one attached hydrogen (secondary N) is 2. The molecule has 2 aromatic rings. The van der Waals surface area contributed by atoms with Crippen LogP contribution in [0.25, 0.3) is 5.57 Å². The Balaban J connectivity index is 1.44. The van der Waals surface area contributed by atoms with Gasteiger partial charge in [0.1, 0.15) is 0 Å². The summed E-state index contributed by atoms with van der Waals surface area (Å²) in [5.41, 5.74) is 0.540. The highest BCUT2D eigenvalue weighted by Gasteiger charge is 2.59. The average Bonchev–Trinajstić information content (AvgIpc) is 2.90. The molecule has 1 saturated carbocycles. The number of halogens is 5. The molecule has 0 saturated heterocycles. The fraction of sp³-hybridized carbons (Fsp3) is 0.467. The number of alkyl halides is 5. The number of carbonyl (C=O) groups is 2. The Bertz CT molecular complexity index is 1270. The molecule has 1 aliphatic carbocycles. The molecule has 2 amide bonds. The first-order chi connectivity index (χ1) is 18.8. The Hall–Kier alpha value is -3.27. The van der Waals surface area contributed by atoms with Crippen LogP contribution in [0.1, 0.15) is 67.7 Å². The molecular weight excluding hydrogens is 529 g/mol. The summed E-state index contributed by atoms with van der Waals surface area (Å²) >= 11 is 0. The number of hydrogen-bond donors (Lipinski definition) is 2. The number of rotatable bonds is 8. The SMILES string of the molecule is C=C(C(=O)NC1(CCN2CCc3c(cccc3C(F)(F)C(F)(F)F)C2)CCCCC1)c1cccc(NC(C)=O)c1. The maximum absolute atomic E-state index is 14.2. The Kier molecular flexibility index (Phi) is 8.68. The van der Waals surface area contributed by atoms with Gasteiger partial charge in [0, 0.05) is 48.9 Å². The van der Waals surface area contributed by atoms with E-state index in [1.807, 2.05) is 4.90 Å². The Labute approximate surface area is 230 Å². The molecule has 1 heterocycles. The maximum atomic E-state index is 14.2. The van der Waals surface area contributed by atoms with E-state index in [0.29, 0.717) is 36.3 Å². The van der Waals surface area contributed by atoms with Gasteiger partial charge in [-0.2, -0.15) is 22.0 Å². The number of anilines is 1. The van der Waals surface area contributed by atoms with Crippen LogP contribution in [0.2, 0.25) is 0 Å². The minimum Gasteiger partial charge on any atom is -0.347 e. The molecule has 0 unspecified atom stereocenters. The molecule has 5 nitrogen and oxygen atoms in total. The van der Waals surface area contributed by atoms with E-state index >= 15 is 0 Å². The van der Waals surface area contributed by atoms with Gasteiger partial charge in [-0.1, -0.05) is 56.2 Å². The molecule has 10 heteroatoms. The Morgan fingerprint density at radius 2 is 1.73 bits per heavy atom. The molecule has 0 bridgehead atoms. The lowest BCUT2D eigenvalue weighted by Gasteiger charge is -2.41. The van der Waals surface area contributed by atoms with Crippen LogP contribution in [-0.2, 0) is 28.5 Å². The Morgan fingerprint density at radius 1 is 1.02 bits per heavy atom. The zero-order valence-electron chi connectivity index (χ0n) is 22.5. The fourth-order valence-electron chi connectivity index (χ4n) is 5.78. The average molecular weight is 564 g/mol. The highest BCUT2D eigenvalue weighted by atomic mass is 19.4. The molecule has 0 aromatic heterocycles. The quantitative estimate of drug-likeness (QED) is 0.282. The van der Waals surface area contributed by atoms with E-state index in [1.165, 1.54) is 13.0 Å². The molecule has 0 atom stereocenters. The van der Waals surface area contributed by atoms with Crippen LogP contribution in [0.15, 0.2) is 49.0 Å². The number of fused-ring (bicyclic) bond motifs is 1. The van der Waals surface area contributed by atoms with Crippen LogP contribution in [0, 0.1) is 0 Å². The van der Waals surface area contributed by atoms with Crippen molar-refractivity contribution in [1.82, 2.24) is 10.2 Å². The van der Waals surface area contributed by atoms with Crippen LogP contribution < -0.4 is 10.6 Å². The highest BCUT2D eigenvalue weighted by Crippen LogP contribution is 2.46. The van der Waals surface area contributed by atoms with Gasteiger partial charge in [0.25, 0.3) is 5.91 Å². The predicted octanol–water partition coefficient (Wildman–Crippen LogP) is 6.58. The Morgan fingerprint density at radius 3 is 2.40 bits per heavy atom. The number of carbonyl (C=O) groups excluding carboxylic acids is 2. The third-order valence-corrected chi connectivity index (χ3v) is 7.94. The van der Waals surface area contributed by atoms with Crippen LogP contribution in [-0.4, -0.2) is 41.5 Å². The summed E-state index contributed by atoms with van der Waals surface area (Å²) in [5.74, 6) is -5.43.